The Morgan fingerprint density at radius 1 is 1.07 bits per heavy atom. The lowest BCUT2D eigenvalue weighted by atomic mass is 10.1. The molecule has 14 heavy (non-hydrogen) atoms. The summed E-state index contributed by atoms with van der Waals surface area (Å²) in [7, 11) is 0. The molecule has 0 saturated heterocycles. The van der Waals surface area contributed by atoms with Gasteiger partial charge in [-0.15, -0.1) is 0 Å². The second-order valence-electron chi connectivity index (χ2n) is 3.05. The van der Waals surface area contributed by atoms with Gasteiger partial charge in [-0.05, 0) is 53.1 Å². The second-order valence-corrected chi connectivity index (χ2v) is 4.29. The average molecular weight is 300 g/mol. The Labute approximate surface area is 98.4 Å². The Morgan fingerprint density at radius 3 is 2.43 bits per heavy atom. The maximum Gasteiger partial charge on any atom is 0.120 e. The number of hydrogen-bond donors (Lipinski definition) is 0. The zero-order valence-electron chi connectivity index (χ0n) is 7.95. The smallest absolute Gasteiger partial charge is 0.120 e. The lowest BCUT2D eigenvalue weighted by molar-refractivity contribution is -0.107. The molecule has 0 unspecified atom stereocenters. The van der Waals surface area contributed by atoms with Crippen LogP contribution in [-0.2, 0) is 11.2 Å². The molecule has 0 saturated carbocycles. The predicted octanol–water partition coefficient (Wildman–Crippen LogP) is 3.37. The normalized spacial score (nSPS) is 10.6. The van der Waals surface area contributed by atoms with Gasteiger partial charge in [-0.2, -0.15) is 0 Å². The van der Waals surface area contributed by atoms with Crippen LogP contribution >= 0.6 is 22.6 Å². The first-order valence-corrected chi connectivity index (χ1v) is 5.74. The summed E-state index contributed by atoms with van der Waals surface area (Å²) < 4.78 is 1.26. The third kappa shape index (κ3) is 4.56. The van der Waals surface area contributed by atoms with E-state index in [0.717, 1.165) is 19.1 Å². The van der Waals surface area contributed by atoms with Crippen LogP contribution in [0.2, 0.25) is 0 Å². The SMILES string of the molecule is O=CCCC=CCc1ccc(I)cc1. The van der Waals surface area contributed by atoms with E-state index in [0.29, 0.717) is 6.42 Å². The largest absolute Gasteiger partial charge is 0.303 e. The Bertz CT molecular complexity index is 301. The highest BCUT2D eigenvalue weighted by atomic mass is 127. The van der Waals surface area contributed by atoms with Crippen molar-refractivity contribution >= 4 is 28.9 Å². The summed E-state index contributed by atoms with van der Waals surface area (Å²) >= 11 is 2.30. The number of unbranched alkanes of at least 4 members (excludes halogenated alkanes) is 1. The van der Waals surface area contributed by atoms with Crippen LogP contribution in [0.15, 0.2) is 36.4 Å². The first-order valence-electron chi connectivity index (χ1n) is 4.66. The van der Waals surface area contributed by atoms with Gasteiger partial charge in [0.05, 0.1) is 0 Å². The van der Waals surface area contributed by atoms with E-state index in [1.54, 1.807) is 0 Å². The van der Waals surface area contributed by atoms with Crippen LogP contribution in [0.25, 0.3) is 0 Å². The monoisotopic (exact) mass is 300 g/mol. The number of allylic oxidation sites excluding steroid dienone is 2. The number of rotatable bonds is 5. The van der Waals surface area contributed by atoms with E-state index in [1.807, 2.05) is 0 Å². The van der Waals surface area contributed by atoms with Crippen molar-refractivity contribution in [2.75, 3.05) is 0 Å². The van der Waals surface area contributed by atoms with Crippen molar-refractivity contribution in [2.24, 2.45) is 0 Å². The number of carbonyl (C=O) groups is 1. The topological polar surface area (TPSA) is 17.1 Å². The zero-order chi connectivity index (χ0) is 10.2. The fraction of sp³-hybridized carbons (Fsp3) is 0.250. The van der Waals surface area contributed by atoms with Gasteiger partial charge in [0.15, 0.2) is 0 Å². The highest BCUT2D eigenvalue weighted by molar-refractivity contribution is 14.1. The van der Waals surface area contributed by atoms with E-state index in [4.69, 9.17) is 0 Å². The van der Waals surface area contributed by atoms with Crippen LogP contribution in [0.5, 0.6) is 0 Å². The molecule has 0 atom stereocenters. The molecule has 1 aromatic carbocycles. The summed E-state index contributed by atoms with van der Waals surface area (Å²) in [6.45, 7) is 0. The average Bonchev–Trinajstić information content (AvgIpc) is 2.21. The van der Waals surface area contributed by atoms with Gasteiger partial charge in [-0.25, -0.2) is 0 Å². The Kier molecular flexibility index (Phi) is 5.52. The van der Waals surface area contributed by atoms with Crippen molar-refractivity contribution in [3.05, 3.63) is 45.6 Å². The van der Waals surface area contributed by atoms with Crippen LogP contribution < -0.4 is 0 Å². The second kappa shape index (κ2) is 6.76. The van der Waals surface area contributed by atoms with Gasteiger partial charge in [0.25, 0.3) is 0 Å². The first kappa shape index (κ1) is 11.4. The minimum atomic E-state index is 0.628. The van der Waals surface area contributed by atoms with Crippen molar-refractivity contribution in [3.8, 4) is 0 Å². The number of halogens is 1. The molecule has 1 aromatic rings. The molecule has 74 valence electrons. The fourth-order valence-electron chi connectivity index (χ4n) is 1.12. The minimum absolute atomic E-state index is 0.628. The lowest BCUT2D eigenvalue weighted by Gasteiger charge is -1.95. The molecular formula is C12H13IO. The summed E-state index contributed by atoms with van der Waals surface area (Å²) in [6, 6.07) is 8.47. The van der Waals surface area contributed by atoms with Crippen LogP contribution in [0.1, 0.15) is 18.4 Å². The molecule has 0 aliphatic heterocycles. The molecule has 2 heteroatoms. The van der Waals surface area contributed by atoms with Gasteiger partial charge in [-0.1, -0.05) is 24.3 Å². The molecule has 0 heterocycles. The van der Waals surface area contributed by atoms with E-state index < -0.39 is 0 Å². The molecule has 0 aliphatic rings. The number of carbonyl (C=O) groups excluding carboxylic acids is 1. The van der Waals surface area contributed by atoms with Crippen LogP contribution in [0.4, 0.5) is 0 Å². The first-order chi connectivity index (χ1) is 6.83. The minimum Gasteiger partial charge on any atom is -0.303 e. The summed E-state index contributed by atoms with van der Waals surface area (Å²) in [6.07, 6.45) is 7.57. The van der Waals surface area contributed by atoms with Crippen molar-refractivity contribution < 1.29 is 4.79 Å². The summed E-state index contributed by atoms with van der Waals surface area (Å²) in [5.41, 5.74) is 1.31. The maximum atomic E-state index is 10.0. The van der Waals surface area contributed by atoms with Crippen molar-refractivity contribution in [1.29, 1.82) is 0 Å². The van der Waals surface area contributed by atoms with Gasteiger partial charge in [-0.3, -0.25) is 0 Å². The molecule has 0 bridgehead atoms. The molecule has 0 spiro atoms. The van der Waals surface area contributed by atoms with Gasteiger partial charge < -0.3 is 4.79 Å². The summed E-state index contributed by atoms with van der Waals surface area (Å²) in [5, 5.41) is 0. The molecule has 1 rings (SSSR count). The van der Waals surface area contributed by atoms with E-state index >= 15 is 0 Å². The zero-order valence-corrected chi connectivity index (χ0v) is 10.1. The molecule has 0 radical (unpaired) electrons. The molecule has 0 amide bonds. The van der Waals surface area contributed by atoms with Gasteiger partial charge >= 0.3 is 0 Å². The highest BCUT2D eigenvalue weighted by Gasteiger charge is 1.88. The molecule has 1 nitrogen and oxygen atoms in total. The highest BCUT2D eigenvalue weighted by Crippen LogP contribution is 2.07. The quantitative estimate of drug-likeness (QED) is 0.353. The Morgan fingerprint density at radius 2 is 1.79 bits per heavy atom. The van der Waals surface area contributed by atoms with E-state index in [-0.39, 0.29) is 0 Å². The summed E-state index contributed by atoms with van der Waals surface area (Å²) in [4.78, 5) is 10.0. The lowest BCUT2D eigenvalue weighted by Crippen LogP contribution is -1.80. The van der Waals surface area contributed by atoms with E-state index in [1.165, 1.54) is 9.13 Å². The van der Waals surface area contributed by atoms with E-state index in [2.05, 4.69) is 59.0 Å². The number of hydrogen-bond acceptors (Lipinski definition) is 1. The molecule has 0 fully saturated rings. The van der Waals surface area contributed by atoms with E-state index in [9.17, 15) is 4.79 Å². The van der Waals surface area contributed by atoms with Gasteiger partial charge in [0.1, 0.15) is 6.29 Å². The van der Waals surface area contributed by atoms with Crippen molar-refractivity contribution in [2.45, 2.75) is 19.3 Å². The Hall–Kier alpha value is -0.640. The number of benzene rings is 1. The standard InChI is InChI=1S/C12H13IO/c13-12-8-6-11(7-9-12)5-3-1-2-4-10-14/h1,3,6-10H,2,4-5H2. The number of aldehydes is 1. The predicted molar refractivity (Wildman–Crippen MR) is 67.3 cm³/mol. The van der Waals surface area contributed by atoms with Crippen molar-refractivity contribution in [3.63, 3.8) is 0 Å². The maximum absolute atomic E-state index is 10.0. The molecule has 0 N–H and O–H groups in total. The van der Waals surface area contributed by atoms with Gasteiger partial charge in [0, 0.05) is 9.99 Å². The fourth-order valence-corrected chi connectivity index (χ4v) is 1.48. The Balaban J connectivity index is 2.34. The molecule has 0 aliphatic carbocycles. The van der Waals surface area contributed by atoms with Crippen molar-refractivity contribution in [1.82, 2.24) is 0 Å². The van der Waals surface area contributed by atoms with Crippen LogP contribution in [0, 0.1) is 3.57 Å². The summed E-state index contributed by atoms with van der Waals surface area (Å²) in [5.74, 6) is 0. The third-order valence-corrected chi connectivity index (χ3v) is 2.60. The molecule has 0 aromatic heterocycles. The van der Waals surface area contributed by atoms with Gasteiger partial charge in [0.2, 0.25) is 0 Å². The van der Waals surface area contributed by atoms with Crippen LogP contribution in [-0.4, -0.2) is 6.29 Å². The third-order valence-electron chi connectivity index (χ3n) is 1.88. The van der Waals surface area contributed by atoms with Crippen LogP contribution in [0.3, 0.4) is 0 Å². The molecular weight excluding hydrogens is 287 g/mol.